The molecular formula is C87H170O17P2. The predicted octanol–water partition coefficient (Wildman–Crippen LogP) is 26.5. The first kappa shape index (κ1) is 104. The molecule has 0 aromatic rings. The molecule has 0 aliphatic rings. The van der Waals surface area contributed by atoms with Gasteiger partial charge in [-0.3, -0.25) is 37.3 Å². The highest BCUT2D eigenvalue weighted by Crippen LogP contribution is 2.45. The van der Waals surface area contributed by atoms with Crippen molar-refractivity contribution in [2.45, 2.75) is 478 Å². The fourth-order valence-electron chi connectivity index (χ4n) is 13.5. The molecule has 0 amide bonds. The molecule has 0 aromatic carbocycles. The summed E-state index contributed by atoms with van der Waals surface area (Å²) in [6, 6.07) is 0. The molecule has 0 fully saturated rings. The molecule has 3 N–H and O–H groups in total. The van der Waals surface area contributed by atoms with E-state index in [2.05, 4.69) is 48.5 Å². The lowest BCUT2D eigenvalue weighted by atomic mass is 9.99. The number of carbonyl (C=O) groups is 4. The van der Waals surface area contributed by atoms with Gasteiger partial charge in [0.15, 0.2) is 12.2 Å². The van der Waals surface area contributed by atoms with Gasteiger partial charge in [0.2, 0.25) is 0 Å². The maximum atomic E-state index is 13.2. The molecule has 19 heteroatoms. The highest BCUT2D eigenvalue weighted by atomic mass is 31.2. The zero-order valence-corrected chi connectivity index (χ0v) is 71.7. The number of rotatable bonds is 85. The molecule has 0 spiro atoms. The van der Waals surface area contributed by atoms with Crippen LogP contribution in [0.3, 0.4) is 0 Å². The van der Waals surface area contributed by atoms with Crippen LogP contribution in [0.2, 0.25) is 0 Å². The summed E-state index contributed by atoms with van der Waals surface area (Å²) in [6.07, 6.45) is 67.9. The van der Waals surface area contributed by atoms with Crippen LogP contribution in [0.5, 0.6) is 0 Å². The van der Waals surface area contributed by atoms with Crippen LogP contribution < -0.4 is 0 Å². The Morgan fingerprint density at radius 2 is 0.481 bits per heavy atom. The van der Waals surface area contributed by atoms with E-state index in [0.29, 0.717) is 25.7 Å². The van der Waals surface area contributed by atoms with E-state index < -0.39 is 97.5 Å². The van der Waals surface area contributed by atoms with Crippen molar-refractivity contribution in [2.75, 3.05) is 39.6 Å². The van der Waals surface area contributed by atoms with Gasteiger partial charge in [-0.05, 0) is 43.4 Å². The van der Waals surface area contributed by atoms with Crippen LogP contribution in [0.15, 0.2) is 0 Å². The summed E-state index contributed by atoms with van der Waals surface area (Å²) >= 11 is 0. The second-order valence-corrected chi connectivity index (χ2v) is 35.4. The summed E-state index contributed by atoms with van der Waals surface area (Å²) < 4.78 is 68.9. The average molecular weight is 1550 g/mol. The van der Waals surface area contributed by atoms with E-state index in [-0.39, 0.29) is 25.7 Å². The van der Waals surface area contributed by atoms with Gasteiger partial charge in [-0.1, -0.05) is 408 Å². The Bertz CT molecular complexity index is 2050. The smallest absolute Gasteiger partial charge is 0.462 e. The molecule has 0 radical (unpaired) electrons. The maximum Gasteiger partial charge on any atom is 0.472 e. The summed E-state index contributed by atoms with van der Waals surface area (Å²) in [5.74, 6) is 0.363. The molecule has 106 heavy (non-hydrogen) atoms. The zero-order chi connectivity index (χ0) is 77.9. The van der Waals surface area contributed by atoms with Crippen LogP contribution >= 0.6 is 15.6 Å². The summed E-state index contributed by atoms with van der Waals surface area (Å²) in [4.78, 5) is 73.2. The Balaban J connectivity index is 5.23. The van der Waals surface area contributed by atoms with E-state index in [1.807, 2.05) is 0 Å². The van der Waals surface area contributed by atoms with E-state index >= 15 is 0 Å². The molecule has 0 bridgehead atoms. The Kier molecular flexibility index (Phi) is 75.6. The van der Waals surface area contributed by atoms with Gasteiger partial charge < -0.3 is 33.8 Å². The normalized spacial score (nSPS) is 14.1. The Hall–Kier alpha value is -1.94. The number of phosphoric acid groups is 2. The largest absolute Gasteiger partial charge is 0.472 e. The predicted molar refractivity (Wildman–Crippen MR) is 437 cm³/mol. The van der Waals surface area contributed by atoms with Crippen molar-refractivity contribution < 1.29 is 80.2 Å². The number of carbonyl (C=O) groups excluding carboxylic acids is 4. The van der Waals surface area contributed by atoms with E-state index in [9.17, 15) is 43.2 Å². The third kappa shape index (κ3) is 78.7. The number of unbranched alkanes of at least 4 members (excludes halogenated alkanes) is 52. The van der Waals surface area contributed by atoms with Gasteiger partial charge in [-0.25, -0.2) is 9.13 Å². The second-order valence-electron chi connectivity index (χ2n) is 32.5. The van der Waals surface area contributed by atoms with Crippen molar-refractivity contribution >= 4 is 39.5 Å². The molecule has 630 valence electrons. The van der Waals surface area contributed by atoms with E-state index in [4.69, 9.17) is 37.0 Å². The standard InChI is InChI=1S/C87H170O17P2/c1-8-10-11-12-13-14-40-47-54-61-68-84(89)97-74-82(103-87(92)71-64-57-50-43-36-30-23-21-26-32-38-45-52-59-66-79(5)6)76-101-105(93,94)99-72-81(88)73-100-106(95,96)102-77-83(75-98-85(90)69-62-55-48-41-34-28-24-22-27-33-39-46-53-60-67-80(7)9-2)104-86(91)70-63-56-49-42-35-29-20-18-16-15-17-19-25-31-37-44-51-58-65-78(3)4/h78-83,88H,8-77H2,1-7H3,(H,93,94)(H,95,96)/t80?,81-,82+,83+/m0/s1. The van der Waals surface area contributed by atoms with E-state index in [1.54, 1.807) is 0 Å². The highest BCUT2D eigenvalue weighted by molar-refractivity contribution is 7.47. The lowest BCUT2D eigenvalue weighted by Gasteiger charge is -2.21. The minimum atomic E-state index is -4.97. The van der Waals surface area contributed by atoms with Crippen molar-refractivity contribution in [1.29, 1.82) is 0 Å². The number of hydrogen-bond acceptors (Lipinski definition) is 15. The van der Waals surface area contributed by atoms with Gasteiger partial charge in [0, 0.05) is 25.7 Å². The SMILES string of the molecule is CCCCCCCCCCCCC(=O)OC[C@H](COP(=O)(O)OC[C@H](O)COP(=O)(O)OC[C@@H](COC(=O)CCCCCCCCCCCCCCCCC(C)CC)OC(=O)CCCCCCCCCCCCCCCCCCCCC(C)C)OC(=O)CCCCCCCCCCCCCCCCC(C)C. The van der Waals surface area contributed by atoms with Crippen LogP contribution in [0.1, 0.15) is 459 Å². The summed E-state index contributed by atoms with van der Waals surface area (Å²) in [6.45, 7) is 12.1. The van der Waals surface area contributed by atoms with Crippen LogP contribution in [0.25, 0.3) is 0 Å². The average Bonchev–Trinajstić information content (AvgIpc) is 0.936. The van der Waals surface area contributed by atoms with Crippen molar-refractivity contribution in [1.82, 2.24) is 0 Å². The molecule has 0 aliphatic carbocycles. The number of ether oxygens (including phenoxy) is 4. The molecule has 17 nitrogen and oxygen atoms in total. The van der Waals surface area contributed by atoms with Gasteiger partial charge in [-0.15, -0.1) is 0 Å². The molecule has 0 rings (SSSR count). The van der Waals surface area contributed by atoms with E-state index in [0.717, 1.165) is 108 Å². The van der Waals surface area contributed by atoms with Gasteiger partial charge in [0.1, 0.15) is 19.3 Å². The maximum absolute atomic E-state index is 13.2. The van der Waals surface area contributed by atoms with Crippen LogP contribution in [0.4, 0.5) is 0 Å². The van der Waals surface area contributed by atoms with Gasteiger partial charge in [0.05, 0.1) is 26.4 Å². The van der Waals surface area contributed by atoms with Crippen molar-refractivity contribution in [3.8, 4) is 0 Å². The Morgan fingerprint density at radius 1 is 0.274 bits per heavy atom. The lowest BCUT2D eigenvalue weighted by molar-refractivity contribution is -0.161. The number of aliphatic hydroxyl groups excluding tert-OH is 1. The van der Waals surface area contributed by atoms with Crippen LogP contribution in [0, 0.1) is 17.8 Å². The van der Waals surface area contributed by atoms with E-state index in [1.165, 1.54) is 270 Å². The second kappa shape index (κ2) is 77.0. The number of aliphatic hydroxyl groups is 1. The minimum absolute atomic E-state index is 0.108. The fourth-order valence-corrected chi connectivity index (χ4v) is 15.1. The molecule has 0 aliphatic heterocycles. The Labute approximate surface area is 651 Å². The first-order valence-electron chi connectivity index (χ1n) is 44.9. The first-order chi connectivity index (χ1) is 51.3. The Morgan fingerprint density at radius 3 is 0.717 bits per heavy atom. The third-order valence-electron chi connectivity index (χ3n) is 20.7. The first-order valence-corrected chi connectivity index (χ1v) is 47.9. The van der Waals surface area contributed by atoms with Gasteiger partial charge in [-0.2, -0.15) is 0 Å². The third-order valence-corrected chi connectivity index (χ3v) is 22.6. The fraction of sp³-hybridized carbons (Fsp3) is 0.954. The molecular weight excluding hydrogens is 1380 g/mol. The quantitative estimate of drug-likeness (QED) is 0.0222. The molecule has 6 atom stereocenters. The topological polar surface area (TPSA) is 237 Å². The number of esters is 4. The number of hydrogen-bond donors (Lipinski definition) is 3. The van der Waals surface area contributed by atoms with Crippen LogP contribution in [-0.4, -0.2) is 96.7 Å². The summed E-state index contributed by atoms with van der Waals surface area (Å²) in [7, 11) is -9.93. The van der Waals surface area contributed by atoms with Gasteiger partial charge in [0.25, 0.3) is 0 Å². The minimum Gasteiger partial charge on any atom is -0.462 e. The monoisotopic (exact) mass is 1550 g/mol. The molecule has 0 saturated heterocycles. The van der Waals surface area contributed by atoms with Crippen LogP contribution in [-0.2, 0) is 65.4 Å². The molecule has 0 aromatic heterocycles. The van der Waals surface area contributed by atoms with Crippen molar-refractivity contribution in [2.24, 2.45) is 17.8 Å². The summed E-state index contributed by atoms with van der Waals surface area (Å²) in [5.41, 5.74) is 0. The highest BCUT2D eigenvalue weighted by Gasteiger charge is 2.31. The summed E-state index contributed by atoms with van der Waals surface area (Å²) in [5, 5.41) is 10.7. The van der Waals surface area contributed by atoms with Crippen molar-refractivity contribution in [3.63, 3.8) is 0 Å². The van der Waals surface area contributed by atoms with Crippen molar-refractivity contribution in [3.05, 3.63) is 0 Å². The number of phosphoric ester groups is 2. The molecule has 0 heterocycles. The van der Waals surface area contributed by atoms with Gasteiger partial charge >= 0.3 is 39.5 Å². The lowest BCUT2D eigenvalue weighted by Crippen LogP contribution is -2.30. The zero-order valence-electron chi connectivity index (χ0n) is 69.9. The molecule has 0 saturated carbocycles. The molecule has 3 unspecified atom stereocenters.